The highest BCUT2D eigenvalue weighted by Gasteiger charge is 2.19. The molecule has 2 aromatic rings. The van der Waals surface area contributed by atoms with E-state index in [4.69, 9.17) is 4.42 Å². The van der Waals surface area contributed by atoms with E-state index < -0.39 is 0 Å². The summed E-state index contributed by atoms with van der Waals surface area (Å²) in [4.78, 5) is 31.2. The lowest BCUT2D eigenvalue weighted by molar-refractivity contribution is -0.121. The van der Waals surface area contributed by atoms with E-state index in [-0.39, 0.29) is 18.0 Å². The molecule has 3 rings (SSSR count). The zero-order chi connectivity index (χ0) is 16.9. The highest BCUT2D eigenvalue weighted by atomic mass is 16.3. The van der Waals surface area contributed by atoms with E-state index in [0.29, 0.717) is 23.9 Å². The first-order valence-electron chi connectivity index (χ1n) is 8.26. The van der Waals surface area contributed by atoms with Crippen molar-refractivity contribution in [3.63, 3.8) is 0 Å². The largest absolute Gasteiger partial charge is 0.467 e. The van der Waals surface area contributed by atoms with Crippen molar-refractivity contribution in [3.05, 3.63) is 46.3 Å². The number of piperidine rings is 1. The molecule has 1 aliphatic heterocycles. The number of nitrogens with zero attached hydrogens (tertiary/aromatic N) is 3. The average molecular weight is 330 g/mol. The molecule has 0 saturated carbocycles. The molecule has 0 radical (unpaired) electrons. The summed E-state index contributed by atoms with van der Waals surface area (Å²) in [5, 5.41) is 2.77. The Morgan fingerprint density at radius 2 is 2.12 bits per heavy atom. The summed E-state index contributed by atoms with van der Waals surface area (Å²) in [5.41, 5.74) is 0.476. The van der Waals surface area contributed by atoms with Crippen LogP contribution < -0.4 is 15.8 Å². The van der Waals surface area contributed by atoms with Crippen LogP contribution in [-0.2, 0) is 17.9 Å². The van der Waals surface area contributed by atoms with Crippen molar-refractivity contribution in [2.45, 2.75) is 39.3 Å². The van der Waals surface area contributed by atoms with Gasteiger partial charge in [0.15, 0.2) is 0 Å². The Hall–Kier alpha value is -2.57. The number of nitrogens with one attached hydrogen (secondary N) is 1. The van der Waals surface area contributed by atoms with E-state index in [1.165, 1.54) is 17.1 Å². The van der Waals surface area contributed by atoms with Gasteiger partial charge in [0.05, 0.1) is 12.8 Å². The summed E-state index contributed by atoms with van der Waals surface area (Å²) in [5.74, 6) is 1.03. The van der Waals surface area contributed by atoms with Crippen LogP contribution in [0.4, 0.5) is 5.95 Å². The molecule has 1 fully saturated rings. The van der Waals surface area contributed by atoms with Crippen LogP contribution >= 0.6 is 0 Å². The van der Waals surface area contributed by atoms with Gasteiger partial charge >= 0.3 is 0 Å². The summed E-state index contributed by atoms with van der Waals surface area (Å²) in [6, 6.07) is 5.02. The first kappa shape index (κ1) is 16.3. The van der Waals surface area contributed by atoms with Crippen LogP contribution in [0.2, 0.25) is 0 Å². The molecular formula is C17H22N4O3. The van der Waals surface area contributed by atoms with Crippen molar-refractivity contribution in [2.24, 2.45) is 0 Å². The average Bonchev–Trinajstić information content (AvgIpc) is 3.09. The third-order valence-electron chi connectivity index (χ3n) is 4.10. The molecule has 1 N–H and O–H groups in total. The molecule has 0 atom stereocenters. The number of carbonyl (C=O) groups is 1. The molecule has 0 aliphatic carbocycles. The molecule has 0 aromatic carbocycles. The maximum absolute atomic E-state index is 12.4. The predicted molar refractivity (Wildman–Crippen MR) is 89.9 cm³/mol. The zero-order valence-corrected chi connectivity index (χ0v) is 13.8. The van der Waals surface area contributed by atoms with Crippen molar-refractivity contribution < 1.29 is 9.21 Å². The smallest absolute Gasteiger partial charge is 0.255 e. The molecule has 7 nitrogen and oxygen atoms in total. The quantitative estimate of drug-likeness (QED) is 0.897. The van der Waals surface area contributed by atoms with Crippen LogP contribution in [0.5, 0.6) is 0 Å². The van der Waals surface area contributed by atoms with E-state index in [1.807, 2.05) is 0 Å². The lowest BCUT2D eigenvalue weighted by Crippen LogP contribution is -2.39. The second kappa shape index (κ2) is 7.33. The number of carbonyl (C=O) groups excluding carboxylic acids is 1. The van der Waals surface area contributed by atoms with Crippen molar-refractivity contribution in [3.8, 4) is 0 Å². The second-order valence-electron chi connectivity index (χ2n) is 6.03. The Balaban J connectivity index is 1.75. The maximum Gasteiger partial charge on any atom is 0.255 e. The monoisotopic (exact) mass is 330 g/mol. The fourth-order valence-electron chi connectivity index (χ4n) is 2.89. The second-order valence-corrected chi connectivity index (χ2v) is 6.03. The first-order valence-corrected chi connectivity index (χ1v) is 8.26. The summed E-state index contributed by atoms with van der Waals surface area (Å²) >= 11 is 0. The Kier molecular flexibility index (Phi) is 4.98. The van der Waals surface area contributed by atoms with E-state index in [9.17, 15) is 9.59 Å². The molecule has 2 aromatic heterocycles. The molecule has 7 heteroatoms. The third-order valence-corrected chi connectivity index (χ3v) is 4.10. The van der Waals surface area contributed by atoms with Gasteiger partial charge in [-0.15, -0.1) is 0 Å². The molecule has 128 valence electrons. The number of hydrogen-bond donors (Lipinski definition) is 1. The molecular weight excluding hydrogens is 308 g/mol. The van der Waals surface area contributed by atoms with E-state index in [0.717, 1.165) is 25.9 Å². The Bertz CT molecular complexity index is 746. The molecule has 3 heterocycles. The Labute approximate surface area is 140 Å². The van der Waals surface area contributed by atoms with Gasteiger partial charge in [-0.1, -0.05) is 0 Å². The number of aromatic nitrogens is 2. The first-order chi connectivity index (χ1) is 11.6. The highest BCUT2D eigenvalue weighted by Crippen LogP contribution is 2.16. The van der Waals surface area contributed by atoms with Crippen molar-refractivity contribution in [2.75, 3.05) is 18.0 Å². The fourth-order valence-corrected chi connectivity index (χ4v) is 2.89. The van der Waals surface area contributed by atoms with Crippen LogP contribution in [-0.4, -0.2) is 28.5 Å². The molecule has 24 heavy (non-hydrogen) atoms. The third kappa shape index (κ3) is 3.84. The summed E-state index contributed by atoms with van der Waals surface area (Å²) in [6.45, 7) is 3.79. The highest BCUT2D eigenvalue weighted by molar-refractivity contribution is 5.76. The number of aryl methyl sites for hydroxylation is 1. The Morgan fingerprint density at radius 1 is 1.33 bits per heavy atom. The summed E-state index contributed by atoms with van der Waals surface area (Å²) in [6.07, 6.45) is 4.91. The van der Waals surface area contributed by atoms with E-state index >= 15 is 0 Å². The van der Waals surface area contributed by atoms with E-state index in [1.54, 1.807) is 25.3 Å². The number of furan rings is 1. The van der Waals surface area contributed by atoms with Gasteiger partial charge in [0.1, 0.15) is 12.3 Å². The standard InChI is InChI=1S/C17H22N4O3/c1-13-10-16(23)21(17(19-13)20-7-3-2-4-8-20)12-15(22)18-11-14-6-5-9-24-14/h5-6,9-10H,2-4,7-8,11-12H2,1H3,(H,18,22). The molecule has 1 amide bonds. The van der Waals surface area contributed by atoms with Gasteiger partial charge in [-0.2, -0.15) is 0 Å². The van der Waals surface area contributed by atoms with Crippen molar-refractivity contribution >= 4 is 11.9 Å². The van der Waals surface area contributed by atoms with Crippen LogP contribution in [0.15, 0.2) is 33.7 Å². The molecule has 0 unspecified atom stereocenters. The SMILES string of the molecule is Cc1cc(=O)n(CC(=O)NCc2ccco2)c(N2CCCCC2)n1. The molecule has 1 saturated heterocycles. The van der Waals surface area contributed by atoms with Gasteiger partial charge < -0.3 is 14.6 Å². The summed E-state index contributed by atoms with van der Waals surface area (Å²) < 4.78 is 6.64. The minimum absolute atomic E-state index is 0.0430. The molecule has 1 aliphatic rings. The fraction of sp³-hybridized carbons (Fsp3) is 0.471. The van der Waals surface area contributed by atoms with Crippen LogP contribution in [0, 0.1) is 6.92 Å². The van der Waals surface area contributed by atoms with Gasteiger partial charge in [0, 0.05) is 24.8 Å². The van der Waals surface area contributed by atoms with Gasteiger partial charge in [0.2, 0.25) is 11.9 Å². The topological polar surface area (TPSA) is 80.4 Å². The molecule has 0 bridgehead atoms. The minimum atomic E-state index is -0.239. The number of rotatable bonds is 5. The van der Waals surface area contributed by atoms with Crippen molar-refractivity contribution in [1.29, 1.82) is 0 Å². The maximum atomic E-state index is 12.4. The van der Waals surface area contributed by atoms with Gasteiger partial charge in [-0.25, -0.2) is 4.98 Å². The number of amides is 1. The van der Waals surface area contributed by atoms with Crippen LogP contribution in [0.3, 0.4) is 0 Å². The minimum Gasteiger partial charge on any atom is -0.467 e. The lowest BCUT2D eigenvalue weighted by atomic mass is 10.1. The van der Waals surface area contributed by atoms with Gasteiger partial charge in [-0.05, 0) is 38.3 Å². The number of anilines is 1. The Morgan fingerprint density at radius 3 is 2.83 bits per heavy atom. The van der Waals surface area contributed by atoms with Gasteiger partial charge in [-0.3, -0.25) is 14.2 Å². The zero-order valence-electron chi connectivity index (χ0n) is 13.8. The van der Waals surface area contributed by atoms with Gasteiger partial charge in [0.25, 0.3) is 5.56 Å². The van der Waals surface area contributed by atoms with Crippen LogP contribution in [0.1, 0.15) is 30.7 Å². The normalized spacial score (nSPS) is 14.6. The van der Waals surface area contributed by atoms with Crippen molar-refractivity contribution in [1.82, 2.24) is 14.9 Å². The summed E-state index contributed by atoms with van der Waals surface area (Å²) in [7, 11) is 0. The molecule has 0 spiro atoms. The number of hydrogen-bond acceptors (Lipinski definition) is 5. The predicted octanol–water partition coefficient (Wildman–Crippen LogP) is 1.45. The van der Waals surface area contributed by atoms with Crippen LogP contribution in [0.25, 0.3) is 0 Å². The van der Waals surface area contributed by atoms with E-state index in [2.05, 4.69) is 15.2 Å². The lowest BCUT2D eigenvalue weighted by Gasteiger charge is -2.29.